The lowest BCUT2D eigenvalue weighted by Gasteiger charge is -2.11. The zero-order chi connectivity index (χ0) is 22.5. The van der Waals surface area contributed by atoms with E-state index in [0.717, 1.165) is 11.5 Å². The van der Waals surface area contributed by atoms with E-state index in [1.807, 2.05) is 42.2 Å². The van der Waals surface area contributed by atoms with Gasteiger partial charge in [-0.1, -0.05) is 6.07 Å². The maximum Gasteiger partial charge on any atom is 0.251 e. The van der Waals surface area contributed by atoms with Crippen molar-refractivity contribution < 1.29 is 4.79 Å². The van der Waals surface area contributed by atoms with Crippen LogP contribution in [0.2, 0.25) is 0 Å². The van der Waals surface area contributed by atoms with Crippen molar-refractivity contribution >= 4 is 11.6 Å². The number of aromatic nitrogens is 8. The summed E-state index contributed by atoms with van der Waals surface area (Å²) in [5.74, 6) is 1.93. The van der Waals surface area contributed by atoms with Crippen LogP contribution in [0.15, 0.2) is 49.2 Å². The van der Waals surface area contributed by atoms with Crippen LogP contribution in [0.3, 0.4) is 0 Å². The van der Waals surface area contributed by atoms with Crippen molar-refractivity contribution in [3.63, 3.8) is 0 Å². The van der Waals surface area contributed by atoms with Crippen LogP contribution < -0.4 is 10.6 Å². The monoisotopic (exact) mass is 432 g/mol. The van der Waals surface area contributed by atoms with Crippen molar-refractivity contribution in [1.29, 1.82) is 0 Å². The number of nitrogens with one attached hydrogen (secondary N) is 2. The second kappa shape index (κ2) is 9.33. The van der Waals surface area contributed by atoms with E-state index in [2.05, 4.69) is 41.0 Å². The first-order chi connectivity index (χ1) is 15.5. The first-order valence-electron chi connectivity index (χ1n) is 10.2. The predicted octanol–water partition coefficient (Wildman–Crippen LogP) is 1.99. The minimum Gasteiger partial charge on any atom is -0.378 e. The van der Waals surface area contributed by atoms with Crippen molar-refractivity contribution in [2.75, 3.05) is 5.32 Å². The summed E-state index contributed by atoms with van der Waals surface area (Å²) in [6.07, 6.45) is 4.81. The van der Waals surface area contributed by atoms with Crippen molar-refractivity contribution in [3.05, 3.63) is 66.4 Å². The molecule has 11 nitrogen and oxygen atoms in total. The number of amides is 1. The van der Waals surface area contributed by atoms with E-state index in [1.165, 1.54) is 6.33 Å². The van der Waals surface area contributed by atoms with Crippen molar-refractivity contribution in [1.82, 2.24) is 44.8 Å². The average Bonchev–Trinajstić information content (AvgIpc) is 3.43. The molecule has 1 amide bonds. The Labute approximate surface area is 185 Å². The van der Waals surface area contributed by atoms with Crippen molar-refractivity contribution in [2.45, 2.75) is 33.0 Å². The topological polar surface area (TPSA) is 128 Å². The number of rotatable bonds is 8. The number of carbonyl (C=O) groups excluding carboxylic acids is 1. The summed E-state index contributed by atoms with van der Waals surface area (Å²) in [7, 11) is 1.88. The van der Waals surface area contributed by atoms with E-state index in [0.29, 0.717) is 36.0 Å². The van der Waals surface area contributed by atoms with Gasteiger partial charge in [-0.25, -0.2) is 9.97 Å². The molecule has 0 spiro atoms. The van der Waals surface area contributed by atoms with Crippen molar-refractivity contribution in [2.24, 2.45) is 7.05 Å². The van der Waals surface area contributed by atoms with Gasteiger partial charge in [-0.05, 0) is 38.1 Å². The lowest BCUT2D eigenvalue weighted by Crippen LogP contribution is -2.25. The quantitative estimate of drug-likeness (QED) is 0.433. The number of hydrogen-bond donors (Lipinski definition) is 2. The number of anilines is 1. The zero-order valence-corrected chi connectivity index (χ0v) is 18.1. The molecule has 3 aromatic heterocycles. The smallest absolute Gasteiger partial charge is 0.251 e. The largest absolute Gasteiger partial charge is 0.378 e. The summed E-state index contributed by atoms with van der Waals surface area (Å²) in [5.41, 5.74) is 2.05. The molecule has 2 N–H and O–H groups in total. The Morgan fingerprint density at radius 3 is 2.75 bits per heavy atom. The Morgan fingerprint density at radius 1 is 1.09 bits per heavy atom. The summed E-state index contributed by atoms with van der Waals surface area (Å²) in [6, 6.07) is 9.30. The summed E-state index contributed by atoms with van der Waals surface area (Å²) < 4.78 is 3.80. The molecule has 164 valence electrons. The van der Waals surface area contributed by atoms with Crippen LogP contribution >= 0.6 is 0 Å². The van der Waals surface area contributed by atoms with Gasteiger partial charge in [0.1, 0.15) is 18.3 Å². The predicted molar refractivity (Wildman–Crippen MR) is 117 cm³/mol. The maximum absolute atomic E-state index is 12.6. The van der Waals surface area contributed by atoms with E-state index in [4.69, 9.17) is 0 Å². The van der Waals surface area contributed by atoms with Crippen LogP contribution in [0.4, 0.5) is 5.69 Å². The molecule has 0 aliphatic heterocycles. The summed E-state index contributed by atoms with van der Waals surface area (Å²) in [5, 5.41) is 22.7. The minimum atomic E-state index is -0.184. The number of nitrogens with zero attached hydrogens (tertiary/aromatic N) is 8. The lowest BCUT2D eigenvalue weighted by atomic mass is 10.2. The van der Waals surface area contributed by atoms with Gasteiger partial charge >= 0.3 is 0 Å². The van der Waals surface area contributed by atoms with E-state index >= 15 is 0 Å². The fraction of sp³-hybridized carbons (Fsp3) is 0.286. The van der Waals surface area contributed by atoms with Gasteiger partial charge in [-0.15, -0.1) is 20.4 Å². The highest BCUT2D eigenvalue weighted by molar-refractivity contribution is 5.95. The van der Waals surface area contributed by atoms with Gasteiger partial charge in [0.05, 0.1) is 13.1 Å². The first kappa shape index (κ1) is 21.1. The Morgan fingerprint density at radius 2 is 1.97 bits per heavy atom. The Kier molecular flexibility index (Phi) is 6.15. The van der Waals surface area contributed by atoms with Crippen LogP contribution in [-0.4, -0.2) is 45.4 Å². The number of benzene rings is 1. The molecule has 0 saturated heterocycles. The summed E-state index contributed by atoms with van der Waals surface area (Å²) >= 11 is 0. The van der Waals surface area contributed by atoms with E-state index in [9.17, 15) is 4.79 Å². The van der Waals surface area contributed by atoms with E-state index in [-0.39, 0.29) is 11.9 Å². The first-order valence-corrected chi connectivity index (χ1v) is 10.2. The molecule has 32 heavy (non-hydrogen) atoms. The summed E-state index contributed by atoms with van der Waals surface area (Å²) in [6.45, 7) is 4.82. The zero-order valence-electron chi connectivity index (χ0n) is 18.1. The standard InChI is InChI=1S/C21H24N10O/c1-14(2)31-13-26-27-19(31)11-24-21(32)15-5-4-6-16(9-15)23-10-18-28-29-20(30(18)3)17-7-8-22-12-25-17/h4-9,12-14,23H,10-11H2,1-3H3,(H,24,32). The Balaban J connectivity index is 1.39. The second-order valence-electron chi connectivity index (χ2n) is 7.46. The molecule has 0 radical (unpaired) electrons. The normalized spacial score (nSPS) is 11.0. The maximum atomic E-state index is 12.6. The van der Waals surface area contributed by atoms with Crippen LogP contribution in [0.5, 0.6) is 0 Å². The molecule has 0 aliphatic carbocycles. The molecule has 0 bridgehead atoms. The average molecular weight is 432 g/mol. The van der Waals surface area contributed by atoms with Gasteiger partial charge < -0.3 is 19.8 Å². The lowest BCUT2D eigenvalue weighted by molar-refractivity contribution is 0.0949. The third kappa shape index (κ3) is 4.61. The van der Waals surface area contributed by atoms with Gasteiger partial charge in [-0.2, -0.15) is 0 Å². The molecule has 1 aromatic carbocycles. The Bertz CT molecular complexity index is 1200. The molecule has 0 saturated carbocycles. The van der Waals surface area contributed by atoms with Gasteiger partial charge in [0, 0.05) is 30.5 Å². The molecule has 3 heterocycles. The highest BCUT2D eigenvalue weighted by Crippen LogP contribution is 2.16. The molecule has 4 aromatic rings. The van der Waals surface area contributed by atoms with Gasteiger partial charge in [-0.3, -0.25) is 4.79 Å². The molecule has 4 rings (SSSR count). The molecule has 0 unspecified atom stereocenters. The third-order valence-electron chi connectivity index (χ3n) is 4.96. The Hall–Kier alpha value is -4.15. The SMILES string of the molecule is CC(C)n1cnnc1CNC(=O)c1cccc(NCc2nnc(-c3ccncn3)n2C)c1. The van der Waals surface area contributed by atoms with Gasteiger partial charge in [0.25, 0.3) is 5.91 Å². The number of hydrogen-bond acceptors (Lipinski definition) is 8. The fourth-order valence-corrected chi connectivity index (χ4v) is 3.20. The number of carbonyl (C=O) groups is 1. The molecule has 11 heteroatoms. The van der Waals surface area contributed by atoms with E-state index < -0.39 is 0 Å². The van der Waals surface area contributed by atoms with Crippen LogP contribution in [0, 0.1) is 0 Å². The molecule has 0 fully saturated rings. The fourth-order valence-electron chi connectivity index (χ4n) is 3.20. The highest BCUT2D eigenvalue weighted by Gasteiger charge is 2.13. The van der Waals surface area contributed by atoms with E-state index in [1.54, 1.807) is 30.7 Å². The van der Waals surface area contributed by atoms with Gasteiger partial charge in [0.15, 0.2) is 17.5 Å². The molecular weight excluding hydrogens is 408 g/mol. The van der Waals surface area contributed by atoms with Gasteiger partial charge in [0.2, 0.25) is 0 Å². The van der Waals surface area contributed by atoms with Crippen LogP contribution in [0.25, 0.3) is 11.5 Å². The summed E-state index contributed by atoms with van der Waals surface area (Å²) in [4.78, 5) is 20.8. The molecule has 0 aliphatic rings. The second-order valence-corrected chi connectivity index (χ2v) is 7.46. The highest BCUT2D eigenvalue weighted by atomic mass is 16.1. The van der Waals surface area contributed by atoms with Crippen molar-refractivity contribution in [3.8, 4) is 11.5 Å². The minimum absolute atomic E-state index is 0.184. The molecular formula is C21H24N10O. The van der Waals surface area contributed by atoms with Crippen LogP contribution in [-0.2, 0) is 20.1 Å². The van der Waals surface area contributed by atoms with Crippen LogP contribution in [0.1, 0.15) is 41.9 Å². The third-order valence-corrected chi connectivity index (χ3v) is 4.96. The molecule has 0 atom stereocenters.